The van der Waals surface area contributed by atoms with Crippen LogP contribution in [0.25, 0.3) is 10.9 Å². The molecule has 2 aromatic carbocycles. The van der Waals surface area contributed by atoms with Crippen LogP contribution in [0.1, 0.15) is 23.2 Å². The Morgan fingerprint density at radius 3 is 2.75 bits per heavy atom. The SMILES string of the molecule is COc1ccc(NC(=O)C2CCCN(C(=O)c3ccc4cc[nH]c4c3)C2)cc1. The predicted octanol–water partition coefficient (Wildman–Crippen LogP) is 3.67. The number of piperidine rings is 1. The third-order valence-electron chi connectivity index (χ3n) is 5.24. The first-order valence-electron chi connectivity index (χ1n) is 9.45. The molecule has 1 aliphatic rings. The van der Waals surface area contributed by atoms with E-state index >= 15 is 0 Å². The fourth-order valence-corrected chi connectivity index (χ4v) is 3.66. The maximum Gasteiger partial charge on any atom is 0.253 e. The molecule has 1 atom stereocenters. The standard InChI is InChI=1S/C22H23N3O3/c1-28-19-8-6-18(7-9-19)24-21(26)17-3-2-12-25(14-17)22(27)16-5-4-15-10-11-23-20(15)13-16/h4-11,13,17,23H,2-3,12,14H2,1H3,(H,24,26). The van der Waals surface area contributed by atoms with Gasteiger partial charge < -0.3 is 19.9 Å². The molecule has 0 spiro atoms. The average molecular weight is 377 g/mol. The van der Waals surface area contributed by atoms with Crippen LogP contribution in [-0.4, -0.2) is 41.9 Å². The van der Waals surface area contributed by atoms with Gasteiger partial charge in [-0.05, 0) is 60.7 Å². The molecule has 3 aromatic rings. The van der Waals surface area contributed by atoms with Crippen molar-refractivity contribution in [2.45, 2.75) is 12.8 Å². The molecule has 144 valence electrons. The summed E-state index contributed by atoms with van der Waals surface area (Å²) in [5.41, 5.74) is 2.31. The van der Waals surface area contributed by atoms with Crippen LogP contribution in [0.2, 0.25) is 0 Å². The van der Waals surface area contributed by atoms with Gasteiger partial charge in [-0.3, -0.25) is 9.59 Å². The van der Waals surface area contributed by atoms with Crippen LogP contribution in [0.3, 0.4) is 0 Å². The summed E-state index contributed by atoms with van der Waals surface area (Å²) in [5, 5.41) is 4.02. The Morgan fingerprint density at radius 2 is 1.96 bits per heavy atom. The van der Waals surface area contributed by atoms with Gasteiger partial charge in [0.15, 0.2) is 0 Å². The van der Waals surface area contributed by atoms with Crippen LogP contribution in [-0.2, 0) is 4.79 Å². The summed E-state index contributed by atoms with van der Waals surface area (Å²) in [5.74, 6) is 0.446. The van der Waals surface area contributed by atoms with Gasteiger partial charge in [0.25, 0.3) is 5.91 Å². The number of nitrogens with one attached hydrogen (secondary N) is 2. The van der Waals surface area contributed by atoms with Crippen molar-refractivity contribution in [2.75, 3.05) is 25.5 Å². The molecular formula is C22H23N3O3. The van der Waals surface area contributed by atoms with Gasteiger partial charge in [-0.25, -0.2) is 0 Å². The molecule has 6 heteroatoms. The highest BCUT2D eigenvalue weighted by molar-refractivity contribution is 5.99. The largest absolute Gasteiger partial charge is 0.497 e. The molecule has 2 N–H and O–H groups in total. The minimum Gasteiger partial charge on any atom is -0.497 e. The molecule has 1 aromatic heterocycles. The third-order valence-corrected chi connectivity index (χ3v) is 5.24. The fraction of sp³-hybridized carbons (Fsp3) is 0.273. The molecule has 4 rings (SSSR count). The molecule has 1 unspecified atom stereocenters. The number of carbonyl (C=O) groups excluding carboxylic acids is 2. The topological polar surface area (TPSA) is 74.4 Å². The highest BCUT2D eigenvalue weighted by Gasteiger charge is 2.29. The van der Waals surface area contributed by atoms with Crippen molar-refractivity contribution in [3.05, 3.63) is 60.3 Å². The number of H-pyrrole nitrogens is 1. The highest BCUT2D eigenvalue weighted by Crippen LogP contribution is 2.23. The summed E-state index contributed by atoms with van der Waals surface area (Å²) in [6.45, 7) is 1.11. The van der Waals surface area contributed by atoms with E-state index in [4.69, 9.17) is 4.74 Å². The fourth-order valence-electron chi connectivity index (χ4n) is 3.66. The van der Waals surface area contributed by atoms with Crippen molar-refractivity contribution in [2.24, 2.45) is 5.92 Å². The lowest BCUT2D eigenvalue weighted by Gasteiger charge is -2.32. The van der Waals surface area contributed by atoms with E-state index in [2.05, 4.69) is 10.3 Å². The van der Waals surface area contributed by atoms with Gasteiger partial charge in [-0.2, -0.15) is 0 Å². The summed E-state index contributed by atoms with van der Waals surface area (Å²) < 4.78 is 5.14. The van der Waals surface area contributed by atoms with Crippen LogP contribution >= 0.6 is 0 Å². The molecule has 0 radical (unpaired) electrons. The van der Waals surface area contributed by atoms with Gasteiger partial charge >= 0.3 is 0 Å². The number of likely N-dealkylation sites (tertiary alicyclic amines) is 1. The summed E-state index contributed by atoms with van der Waals surface area (Å²) >= 11 is 0. The summed E-state index contributed by atoms with van der Waals surface area (Å²) in [4.78, 5) is 30.5. The highest BCUT2D eigenvalue weighted by atomic mass is 16.5. The second-order valence-electron chi connectivity index (χ2n) is 7.09. The monoisotopic (exact) mass is 377 g/mol. The van der Waals surface area contributed by atoms with E-state index < -0.39 is 0 Å². The molecule has 2 heterocycles. The zero-order valence-electron chi connectivity index (χ0n) is 15.8. The number of hydrogen-bond acceptors (Lipinski definition) is 3. The minimum atomic E-state index is -0.214. The minimum absolute atomic E-state index is 0.0292. The van der Waals surface area contributed by atoms with E-state index in [1.807, 2.05) is 54.7 Å². The van der Waals surface area contributed by atoms with E-state index in [0.717, 1.165) is 35.2 Å². The summed E-state index contributed by atoms with van der Waals surface area (Å²) in [7, 11) is 1.61. The summed E-state index contributed by atoms with van der Waals surface area (Å²) in [6.07, 6.45) is 3.46. The first-order valence-corrected chi connectivity index (χ1v) is 9.45. The van der Waals surface area contributed by atoms with Crippen LogP contribution < -0.4 is 10.1 Å². The molecule has 1 aliphatic heterocycles. The van der Waals surface area contributed by atoms with E-state index in [1.54, 1.807) is 12.0 Å². The Hall–Kier alpha value is -3.28. The number of hydrogen-bond donors (Lipinski definition) is 2. The first kappa shape index (κ1) is 18.1. The zero-order valence-corrected chi connectivity index (χ0v) is 15.8. The molecule has 1 fully saturated rings. The lowest BCUT2D eigenvalue weighted by molar-refractivity contribution is -0.121. The maximum atomic E-state index is 12.9. The predicted molar refractivity (Wildman–Crippen MR) is 109 cm³/mol. The maximum absolute atomic E-state index is 12.9. The second kappa shape index (κ2) is 7.76. The number of amides is 2. The number of fused-ring (bicyclic) bond motifs is 1. The normalized spacial score (nSPS) is 16.8. The number of ether oxygens (including phenoxy) is 1. The third kappa shape index (κ3) is 3.71. The van der Waals surface area contributed by atoms with Crippen LogP contribution in [0.15, 0.2) is 54.7 Å². The summed E-state index contributed by atoms with van der Waals surface area (Å²) in [6, 6.07) is 14.9. The number of aromatic nitrogens is 1. The van der Waals surface area contributed by atoms with Crippen molar-refractivity contribution in [3.63, 3.8) is 0 Å². The van der Waals surface area contributed by atoms with Gasteiger partial charge in [-0.1, -0.05) is 6.07 Å². The Labute approximate surface area is 163 Å². The number of rotatable bonds is 4. The molecule has 1 saturated heterocycles. The Morgan fingerprint density at radius 1 is 1.14 bits per heavy atom. The van der Waals surface area contributed by atoms with Crippen molar-refractivity contribution in [1.29, 1.82) is 0 Å². The Bertz CT molecular complexity index is 994. The van der Waals surface area contributed by atoms with E-state index in [9.17, 15) is 9.59 Å². The van der Waals surface area contributed by atoms with Gasteiger partial charge in [0.2, 0.25) is 5.91 Å². The Balaban J connectivity index is 1.42. The lowest BCUT2D eigenvalue weighted by atomic mass is 9.96. The van der Waals surface area contributed by atoms with Gasteiger partial charge in [0, 0.05) is 36.1 Å². The number of nitrogens with zero attached hydrogens (tertiary/aromatic N) is 1. The van der Waals surface area contributed by atoms with Gasteiger partial charge in [-0.15, -0.1) is 0 Å². The van der Waals surface area contributed by atoms with Gasteiger partial charge in [0.1, 0.15) is 5.75 Å². The molecule has 0 saturated carbocycles. The number of benzene rings is 2. The smallest absolute Gasteiger partial charge is 0.253 e. The van der Waals surface area contributed by atoms with Gasteiger partial charge in [0.05, 0.1) is 13.0 Å². The molecule has 2 amide bonds. The molecule has 0 bridgehead atoms. The molecule has 28 heavy (non-hydrogen) atoms. The number of anilines is 1. The van der Waals surface area contributed by atoms with Crippen LogP contribution in [0.5, 0.6) is 5.75 Å². The van der Waals surface area contributed by atoms with Crippen LogP contribution in [0, 0.1) is 5.92 Å². The quantitative estimate of drug-likeness (QED) is 0.729. The molecule has 0 aliphatic carbocycles. The second-order valence-corrected chi connectivity index (χ2v) is 7.09. The number of aromatic amines is 1. The average Bonchev–Trinajstić information content (AvgIpc) is 3.21. The van der Waals surface area contributed by atoms with E-state index in [1.165, 1.54) is 0 Å². The van der Waals surface area contributed by atoms with Crippen molar-refractivity contribution < 1.29 is 14.3 Å². The van der Waals surface area contributed by atoms with E-state index in [0.29, 0.717) is 18.7 Å². The Kier molecular flexibility index (Phi) is 5.02. The number of carbonyl (C=O) groups is 2. The first-order chi connectivity index (χ1) is 13.6. The molecule has 6 nitrogen and oxygen atoms in total. The zero-order chi connectivity index (χ0) is 19.5. The number of methoxy groups -OCH3 is 1. The van der Waals surface area contributed by atoms with Crippen molar-refractivity contribution >= 4 is 28.4 Å². The van der Waals surface area contributed by atoms with Crippen LogP contribution in [0.4, 0.5) is 5.69 Å². The van der Waals surface area contributed by atoms with Crippen molar-refractivity contribution in [1.82, 2.24) is 9.88 Å². The lowest BCUT2D eigenvalue weighted by Crippen LogP contribution is -2.43. The van der Waals surface area contributed by atoms with Crippen molar-refractivity contribution in [3.8, 4) is 5.75 Å². The molecular weight excluding hydrogens is 354 g/mol. The van der Waals surface area contributed by atoms with E-state index in [-0.39, 0.29) is 17.7 Å².